The molecule has 148 valence electrons. The summed E-state index contributed by atoms with van der Waals surface area (Å²) in [6.45, 7) is 1.70. The van der Waals surface area contributed by atoms with Crippen molar-refractivity contribution in [2.75, 3.05) is 37.4 Å². The number of carbonyl (C=O) groups excluding carboxylic acids is 1. The first-order chi connectivity index (χ1) is 13.6. The number of anilines is 2. The zero-order valence-electron chi connectivity index (χ0n) is 16.7. The molecular formula is C22H29N5O. The van der Waals surface area contributed by atoms with E-state index in [0.717, 1.165) is 50.3 Å². The zero-order chi connectivity index (χ0) is 19.5. The molecule has 1 N–H and O–H groups in total. The van der Waals surface area contributed by atoms with E-state index in [1.807, 2.05) is 43.5 Å². The third kappa shape index (κ3) is 4.26. The summed E-state index contributed by atoms with van der Waals surface area (Å²) in [5.41, 5.74) is 2.25. The number of nitrogens with one attached hydrogen (secondary N) is 1. The van der Waals surface area contributed by atoms with Crippen LogP contribution >= 0.6 is 0 Å². The Bertz CT molecular complexity index is 792. The van der Waals surface area contributed by atoms with Crippen molar-refractivity contribution in [3.8, 4) is 0 Å². The number of aromatic nitrogens is 2. The number of pyridine rings is 2. The Morgan fingerprint density at radius 2 is 2.07 bits per heavy atom. The van der Waals surface area contributed by atoms with Gasteiger partial charge in [-0.2, -0.15) is 0 Å². The van der Waals surface area contributed by atoms with E-state index in [0.29, 0.717) is 17.9 Å². The molecule has 6 heteroatoms. The molecule has 2 aromatic rings. The van der Waals surface area contributed by atoms with Crippen LogP contribution in [0.15, 0.2) is 42.9 Å². The fourth-order valence-corrected chi connectivity index (χ4v) is 4.10. The first-order valence-corrected chi connectivity index (χ1v) is 10.2. The van der Waals surface area contributed by atoms with Crippen LogP contribution in [0.2, 0.25) is 0 Å². The molecule has 0 aromatic carbocycles. The lowest BCUT2D eigenvalue weighted by Gasteiger charge is -2.21. The lowest BCUT2D eigenvalue weighted by Crippen LogP contribution is -2.34. The number of amides is 1. The maximum absolute atomic E-state index is 12.9. The summed E-state index contributed by atoms with van der Waals surface area (Å²) >= 11 is 0. The fourth-order valence-electron chi connectivity index (χ4n) is 4.10. The maximum atomic E-state index is 12.9. The molecule has 3 atom stereocenters. The van der Waals surface area contributed by atoms with Gasteiger partial charge in [-0.25, -0.2) is 4.98 Å². The van der Waals surface area contributed by atoms with Crippen molar-refractivity contribution < 1.29 is 4.79 Å². The van der Waals surface area contributed by atoms with Crippen LogP contribution in [0.1, 0.15) is 37.2 Å². The van der Waals surface area contributed by atoms with Crippen LogP contribution in [0.3, 0.4) is 0 Å². The number of nitrogens with zero attached hydrogens (tertiary/aromatic N) is 4. The van der Waals surface area contributed by atoms with E-state index in [2.05, 4.69) is 32.3 Å². The van der Waals surface area contributed by atoms with E-state index < -0.39 is 0 Å². The van der Waals surface area contributed by atoms with Gasteiger partial charge < -0.3 is 15.1 Å². The number of carbonyl (C=O) groups is 1. The maximum Gasteiger partial charge on any atom is 0.226 e. The summed E-state index contributed by atoms with van der Waals surface area (Å²) < 4.78 is 0. The molecular weight excluding hydrogens is 350 g/mol. The van der Waals surface area contributed by atoms with Crippen LogP contribution in [0.4, 0.5) is 11.5 Å². The molecule has 1 amide bonds. The molecule has 28 heavy (non-hydrogen) atoms. The second-order valence-electron chi connectivity index (χ2n) is 8.13. The SMILES string of the molecule is CN(C)c1ccc(N[C@@H]2CCCN(C(=O)[C@H]3C[C@@H]3c3cccnc3)CC2)cn1. The molecule has 2 fully saturated rings. The molecule has 1 saturated heterocycles. The number of hydrogen-bond acceptors (Lipinski definition) is 5. The molecule has 1 saturated carbocycles. The average molecular weight is 380 g/mol. The molecule has 0 bridgehead atoms. The summed E-state index contributed by atoms with van der Waals surface area (Å²) in [6.07, 6.45) is 9.64. The minimum atomic E-state index is 0.150. The van der Waals surface area contributed by atoms with Crippen LogP contribution in [-0.2, 0) is 4.79 Å². The number of likely N-dealkylation sites (tertiary alicyclic amines) is 1. The first kappa shape index (κ1) is 18.7. The molecule has 0 unspecified atom stereocenters. The summed E-state index contributed by atoms with van der Waals surface area (Å²) in [4.78, 5) is 25.7. The topological polar surface area (TPSA) is 61.4 Å². The van der Waals surface area contributed by atoms with E-state index in [4.69, 9.17) is 0 Å². The highest BCUT2D eigenvalue weighted by molar-refractivity contribution is 5.83. The highest BCUT2D eigenvalue weighted by Gasteiger charge is 2.45. The molecule has 2 aliphatic rings. The zero-order valence-corrected chi connectivity index (χ0v) is 16.7. The molecule has 4 rings (SSSR count). The highest BCUT2D eigenvalue weighted by Crippen LogP contribution is 2.48. The van der Waals surface area contributed by atoms with Gasteiger partial charge in [0.1, 0.15) is 5.82 Å². The van der Waals surface area contributed by atoms with Gasteiger partial charge >= 0.3 is 0 Å². The minimum Gasteiger partial charge on any atom is -0.381 e. The van der Waals surface area contributed by atoms with Crippen molar-refractivity contribution in [2.45, 2.75) is 37.6 Å². The molecule has 6 nitrogen and oxygen atoms in total. The van der Waals surface area contributed by atoms with Crippen LogP contribution in [0.25, 0.3) is 0 Å². The number of hydrogen-bond donors (Lipinski definition) is 1. The van der Waals surface area contributed by atoms with E-state index in [1.54, 1.807) is 6.20 Å². The van der Waals surface area contributed by atoms with E-state index in [1.165, 1.54) is 5.56 Å². The molecule has 1 aliphatic carbocycles. The van der Waals surface area contributed by atoms with Gasteiger partial charge in [0.25, 0.3) is 0 Å². The fraction of sp³-hybridized carbons (Fsp3) is 0.500. The van der Waals surface area contributed by atoms with Gasteiger partial charge in [0.15, 0.2) is 0 Å². The summed E-state index contributed by atoms with van der Waals surface area (Å²) in [5, 5.41) is 3.60. The smallest absolute Gasteiger partial charge is 0.226 e. The summed E-state index contributed by atoms with van der Waals surface area (Å²) in [7, 11) is 3.98. The lowest BCUT2D eigenvalue weighted by molar-refractivity contribution is -0.132. The molecule has 3 heterocycles. The molecule has 0 spiro atoms. The predicted octanol–water partition coefficient (Wildman–Crippen LogP) is 3.14. The van der Waals surface area contributed by atoms with Crippen molar-refractivity contribution in [3.05, 3.63) is 48.4 Å². The van der Waals surface area contributed by atoms with Crippen LogP contribution < -0.4 is 10.2 Å². The first-order valence-electron chi connectivity index (χ1n) is 10.2. The van der Waals surface area contributed by atoms with Crippen molar-refractivity contribution in [2.24, 2.45) is 5.92 Å². The van der Waals surface area contributed by atoms with Crippen LogP contribution in [0.5, 0.6) is 0 Å². The van der Waals surface area contributed by atoms with Crippen molar-refractivity contribution in [3.63, 3.8) is 0 Å². The third-order valence-electron chi connectivity index (χ3n) is 5.84. The van der Waals surface area contributed by atoms with Crippen LogP contribution in [0, 0.1) is 5.92 Å². The highest BCUT2D eigenvalue weighted by atomic mass is 16.2. The Kier molecular flexibility index (Phi) is 5.46. The van der Waals surface area contributed by atoms with Crippen molar-refractivity contribution >= 4 is 17.4 Å². The van der Waals surface area contributed by atoms with E-state index in [-0.39, 0.29) is 5.92 Å². The Hall–Kier alpha value is -2.63. The lowest BCUT2D eigenvalue weighted by atomic mass is 10.1. The standard InChI is InChI=1S/C22H29N5O/c1-26(2)21-8-7-18(15-24-21)25-17-6-4-11-27(12-9-17)22(28)20-13-19(20)16-5-3-10-23-14-16/h3,5,7-8,10,14-15,17,19-20,25H,4,6,9,11-13H2,1-2H3/t17-,19-,20+/m1/s1. The number of rotatable bonds is 5. The predicted molar refractivity (Wildman–Crippen MR) is 111 cm³/mol. The average Bonchev–Trinajstić information content (AvgIpc) is 3.53. The molecule has 1 aliphatic heterocycles. The van der Waals surface area contributed by atoms with Gasteiger partial charge in [-0.15, -0.1) is 0 Å². The Morgan fingerprint density at radius 1 is 1.18 bits per heavy atom. The Balaban J connectivity index is 1.30. The van der Waals surface area contributed by atoms with Gasteiger partial charge in [-0.3, -0.25) is 9.78 Å². The normalized spacial score (nSPS) is 24.4. The second kappa shape index (κ2) is 8.17. The quantitative estimate of drug-likeness (QED) is 0.865. The van der Waals surface area contributed by atoms with Crippen LogP contribution in [-0.4, -0.2) is 54.0 Å². The van der Waals surface area contributed by atoms with Crippen molar-refractivity contribution in [1.29, 1.82) is 0 Å². The van der Waals surface area contributed by atoms with Gasteiger partial charge in [-0.05, 0) is 55.4 Å². The largest absolute Gasteiger partial charge is 0.381 e. The Labute approximate surface area is 167 Å². The summed E-state index contributed by atoms with van der Waals surface area (Å²) in [6, 6.07) is 8.54. The monoisotopic (exact) mass is 379 g/mol. The summed E-state index contributed by atoms with van der Waals surface area (Å²) in [5.74, 6) is 1.79. The van der Waals surface area contributed by atoms with Crippen molar-refractivity contribution in [1.82, 2.24) is 14.9 Å². The van der Waals surface area contributed by atoms with E-state index in [9.17, 15) is 4.79 Å². The Morgan fingerprint density at radius 3 is 2.79 bits per heavy atom. The minimum absolute atomic E-state index is 0.150. The van der Waals surface area contributed by atoms with Gasteiger partial charge in [-0.1, -0.05) is 6.07 Å². The third-order valence-corrected chi connectivity index (χ3v) is 5.84. The second-order valence-corrected chi connectivity index (χ2v) is 8.13. The molecule has 0 radical (unpaired) electrons. The van der Waals surface area contributed by atoms with Gasteiger partial charge in [0, 0.05) is 51.5 Å². The van der Waals surface area contributed by atoms with Gasteiger partial charge in [0.2, 0.25) is 5.91 Å². The molecule has 2 aromatic heterocycles. The van der Waals surface area contributed by atoms with Gasteiger partial charge in [0.05, 0.1) is 11.9 Å². The van der Waals surface area contributed by atoms with E-state index >= 15 is 0 Å².